The molecule has 0 fully saturated rings. The third-order valence-electron chi connectivity index (χ3n) is 1.34. The predicted octanol–water partition coefficient (Wildman–Crippen LogP) is 2.92. The highest BCUT2D eigenvalue weighted by atomic mass is 17.2. The molecule has 0 spiro atoms. The minimum atomic E-state index is 0.182. The average molecular weight is 160 g/mol. The molecule has 68 valence electrons. The first-order valence-electron chi connectivity index (χ1n) is 4.55. The average Bonchev–Trinajstić information content (AvgIpc) is 1.96. The molecule has 0 atom stereocenters. The van der Waals surface area contributed by atoms with Crippen LogP contribution >= 0.6 is 0 Å². The third kappa shape index (κ3) is 9.92. The lowest BCUT2D eigenvalue weighted by Gasteiger charge is -2.05. The smallest absolute Gasteiger partial charge is 0.0873 e. The molecule has 0 N–H and O–H groups in total. The van der Waals surface area contributed by atoms with Gasteiger partial charge in [0.15, 0.2) is 0 Å². The molecule has 0 saturated heterocycles. The van der Waals surface area contributed by atoms with E-state index in [2.05, 4.69) is 6.92 Å². The van der Waals surface area contributed by atoms with E-state index in [9.17, 15) is 0 Å². The van der Waals surface area contributed by atoms with Crippen molar-refractivity contribution in [1.82, 2.24) is 0 Å². The molecule has 0 saturated carbocycles. The highest BCUT2D eigenvalue weighted by Crippen LogP contribution is 1.99. The summed E-state index contributed by atoms with van der Waals surface area (Å²) in [4.78, 5) is 9.86. The van der Waals surface area contributed by atoms with Crippen LogP contribution in [0.5, 0.6) is 0 Å². The number of unbranched alkanes of at least 4 members (excludes halogenated alkanes) is 3. The van der Waals surface area contributed by atoms with Gasteiger partial charge in [-0.2, -0.15) is 0 Å². The van der Waals surface area contributed by atoms with E-state index < -0.39 is 0 Å². The van der Waals surface area contributed by atoms with Crippen LogP contribution in [0.4, 0.5) is 0 Å². The van der Waals surface area contributed by atoms with Gasteiger partial charge in [0.2, 0.25) is 0 Å². The Labute approximate surface area is 69.8 Å². The molecule has 0 bridgehead atoms. The summed E-state index contributed by atoms with van der Waals surface area (Å²) in [6.45, 7) is 6.86. The predicted molar refractivity (Wildman–Crippen MR) is 46.3 cm³/mol. The van der Waals surface area contributed by atoms with Crippen molar-refractivity contribution in [2.75, 3.05) is 6.61 Å². The summed E-state index contributed by atoms with van der Waals surface area (Å²) in [5.41, 5.74) is 0. The first kappa shape index (κ1) is 10.9. The summed E-state index contributed by atoms with van der Waals surface area (Å²) in [5.74, 6) is 0. The molecular weight excluding hydrogens is 140 g/mol. The van der Waals surface area contributed by atoms with Crippen LogP contribution in [0.1, 0.15) is 46.5 Å². The van der Waals surface area contributed by atoms with Crippen LogP contribution in [0, 0.1) is 0 Å². The fourth-order valence-electron chi connectivity index (χ4n) is 0.772. The van der Waals surface area contributed by atoms with E-state index in [0.717, 1.165) is 13.0 Å². The van der Waals surface area contributed by atoms with E-state index in [1.165, 1.54) is 19.3 Å². The molecule has 0 radical (unpaired) electrons. The van der Waals surface area contributed by atoms with Crippen molar-refractivity contribution in [3.8, 4) is 0 Å². The van der Waals surface area contributed by atoms with Gasteiger partial charge < -0.3 is 0 Å². The van der Waals surface area contributed by atoms with Crippen LogP contribution in [0.25, 0.3) is 0 Å². The Morgan fingerprint density at radius 3 is 2.36 bits per heavy atom. The Hall–Kier alpha value is -0.0800. The van der Waals surface area contributed by atoms with Gasteiger partial charge in [0, 0.05) is 0 Å². The molecule has 0 aromatic rings. The molecule has 0 rings (SSSR count). The Morgan fingerprint density at radius 1 is 1.09 bits per heavy atom. The van der Waals surface area contributed by atoms with Gasteiger partial charge in [0.25, 0.3) is 0 Å². The lowest BCUT2D eigenvalue weighted by molar-refractivity contribution is -0.317. The Kier molecular flexibility index (Phi) is 7.96. The fourth-order valence-corrected chi connectivity index (χ4v) is 0.772. The van der Waals surface area contributed by atoms with Gasteiger partial charge in [-0.3, -0.25) is 0 Å². The summed E-state index contributed by atoms with van der Waals surface area (Å²) < 4.78 is 0. The van der Waals surface area contributed by atoms with Gasteiger partial charge in [-0.15, -0.1) is 0 Å². The van der Waals surface area contributed by atoms with Gasteiger partial charge in [-0.25, -0.2) is 9.78 Å². The SMILES string of the molecule is CCCCCCOOC(C)C. The van der Waals surface area contributed by atoms with Crippen molar-refractivity contribution in [2.45, 2.75) is 52.6 Å². The van der Waals surface area contributed by atoms with Gasteiger partial charge >= 0.3 is 0 Å². The third-order valence-corrected chi connectivity index (χ3v) is 1.34. The van der Waals surface area contributed by atoms with E-state index in [-0.39, 0.29) is 6.10 Å². The van der Waals surface area contributed by atoms with Crippen molar-refractivity contribution < 1.29 is 9.78 Å². The second-order valence-corrected chi connectivity index (χ2v) is 3.03. The van der Waals surface area contributed by atoms with Gasteiger partial charge in [0.1, 0.15) is 0 Å². The zero-order valence-electron chi connectivity index (χ0n) is 7.93. The topological polar surface area (TPSA) is 18.5 Å². The van der Waals surface area contributed by atoms with Crippen molar-refractivity contribution >= 4 is 0 Å². The Morgan fingerprint density at radius 2 is 1.82 bits per heavy atom. The zero-order chi connectivity index (χ0) is 8.53. The van der Waals surface area contributed by atoms with Crippen LogP contribution in [-0.2, 0) is 9.78 Å². The van der Waals surface area contributed by atoms with E-state index in [1.54, 1.807) is 0 Å². The Balaban J connectivity index is 2.80. The van der Waals surface area contributed by atoms with E-state index in [1.807, 2.05) is 13.8 Å². The second kappa shape index (κ2) is 8.02. The van der Waals surface area contributed by atoms with E-state index >= 15 is 0 Å². The molecule has 0 aromatic heterocycles. The molecular formula is C9H20O2. The molecule has 0 aromatic carbocycles. The molecule has 0 aliphatic heterocycles. The van der Waals surface area contributed by atoms with Gasteiger partial charge in [-0.05, 0) is 20.3 Å². The minimum absolute atomic E-state index is 0.182. The first-order chi connectivity index (χ1) is 5.27. The van der Waals surface area contributed by atoms with Crippen LogP contribution in [-0.4, -0.2) is 12.7 Å². The molecule has 0 amide bonds. The quantitative estimate of drug-likeness (QED) is 0.324. The molecule has 0 aliphatic rings. The maximum Gasteiger partial charge on any atom is 0.0873 e. The summed E-state index contributed by atoms with van der Waals surface area (Å²) in [6, 6.07) is 0. The fraction of sp³-hybridized carbons (Fsp3) is 1.00. The highest BCUT2D eigenvalue weighted by molar-refractivity contribution is 4.37. The lowest BCUT2D eigenvalue weighted by atomic mass is 10.2. The number of rotatable bonds is 7. The van der Waals surface area contributed by atoms with Crippen LogP contribution in [0.15, 0.2) is 0 Å². The number of hydrogen-bond acceptors (Lipinski definition) is 2. The van der Waals surface area contributed by atoms with Crippen LogP contribution in [0.3, 0.4) is 0 Å². The maximum atomic E-state index is 4.94. The van der Waals surface area contributed by atoms with Crippen molar-refractivity contribution in [1.29, 1.82) is 0 Å². The monoisotopic (exact) mass is 160 g/mol. The van der Waals surface area contributed by atoms with E-state index in [0.29, 0.717) is 0 Å². The largest absolute Gasteiger partial charge is 0.236 e. The zero-order valence-corrected chi connectivity index (χ0v) is 7.93. The minimum Gasteiger partial charge on any atom is -0.236 e. The van der Waals surface area contributed by atoms with Crippen LogP contribution < -0.4 is 0 Å². The summed E-state index contributed by atoms with van der Waals surface area (Å²) in [5, 5.41) is 0. The highest BCUT2D eigenvalue weighted by Gasteiger charge is 1.93. The van der Waals surface area contributed by atoms with Crippen molar-refractivity contribution in [3.63, 3.8) is 0 Å². The molecule has 2 nitrogen and oxygen atoms in total. The molecule has 0 heterocycles. The van der Waals surface area contributed by atoms with E-state index in [4.69, 9.17) is 9.78 Å². The molecule has 2 heteroatoms. The summed E-state index contributed by atoms with van der Waals surface area (Å²) in [7, 11) is 0. The standard InChI is InChI=1S/C9H20O2/c1-4-5-6-7-8-10-11-9(2)3/h9H,4-8H2,1-3H3. The maximum absolute atomic E-state index is 4.94. The van der Waals surface area contributed by atoms with Gasteiger partial charge in [-0.1, -0.05) is 26.2 Å². The molecule has 11 heavy (non-hydrogen) atoms. The Bertz CT molecular complexity index is 72.0. The van der Waals surface area contributed by atoms with Crippen molar-refractivity contribution in [2.24, 2.45) is 0 Å². The van der Waals surface area contributed by atoms with Crippen molar-refractivity contribution in [3.05, 3.63) is 0 Å². The van der Waals surface area contributed by atoms with Gasteiger partial charge in [0.05, 0.1) is 12.7 Å². The summed E-state index contributed by atoms with van der Waals surface area (Å²) >= 11 is 0. The molecule has 0 unspecified atom stereocenters. The summed E-state index contributed by atoms with van der Waals surface area (Å²) in [6.07, 6.45) is 5.11. The normalized spacial score (nSPS) is 10.9. The lowest BCUT2D eigenvalue weighted by Crippen LogP contribution is -2.04. The second-order valence-electron chi connectivity index (χ2n) is 3.03. The van der Waals surface area contributed by atoms with Crippen LogP contribution in [0.2, 0.25) is 0 Å². The molecule has 0 aliphatic carbocycles. The first-order valence-corrected chi connectivity index (χ1v) is 4.55. The number of hydrogen-bond donors (Lipinski definition) is 0.